The Morgan fingerprint density at radius 2 is 2.00 bits per heavy atom. The molecule has 0 saturated carbocycles. The average Bonchev–Trinajstić information content (AvgIpc) is 2.39. The minimum absolute atomic E-state index is 0.305. The van der Waals surface area contributed by atoms with E-state index in [1.165, 1.54) is 6.42 Å². The van der Waals surface area contributed by atoms with E-state index in [2.05, 4.69) is 28.7 Å². The van der Waals surface area contributed by atoms with Crippen molar-refractivity contribution in [1.82, 2.24) is 0 Å². The van der Waals surface area contributed by atoms with Gasteiger partial charge in [0, 0.05) is 4.90 Å². The van der Waals surface area contributed by atoms with E-state index in [-0.39, 0.29) is 0 Å². The molecule has 0 aliphatic carbocycles. The minimum Gasteiger partial charge on any atom is -0.392 e. The molecule has 106 valence electrons. The first-order valence-electron chi connectivity index (χ1n) is 6.47. The first-order valence-corrected chi connectivity index (χ1v) is 9.32. The van der Waals surface area contributed by atoms with Crippen molar-refractivity contribution in [1.29, 1.82) is 0 Å². The number of alkyl halides is 1. The largest absolute Gasteiger partial charge is 0.392 e. The SMILES string of the molecule is Cc1ccc(S(=O)C[C@@H](O)C/C=C/CCCI)cc1. The molecule has 0 amide bonds. The summed E-state index contributed by atoms with van der Waals surface area (Å²) in [6.07, 6.45) is 6.36. The van der Waals surface area contributed by atoms with Crippen LogP contribution < -0.4 is 0 Å². The molecule has 1 rings (SSSR count). The lowest BCUT2D eigenvalue weighted by molar-refractivity contribution is 0.202. The van der Waals surface area contributed by atoms with Gasteiger partial charge in [0.15, 0.2) is 0 Å². The smallest absolute Gasteiger partial charge is 0.0693 e. The van der Waals surface area contributed by atoms with Crippen LogP contribution in [0.15, 0.2) is 41.3 Å². The Balaban J connectivity index is 2.35. The molecule has 0 aliphatic rings. The molecule has 0 bridgehead atoms. The molecule has 0 aliphatic heterocycles. The highest BCUT2D eigenvalue weighted by molar-refractivity contribution is 14.1. The van der Waals surface area contributed by atoms with Gasteiger partial charge in [-0.25, -0.2) is 0 Å². The third kappa shape index (κ3) is 7.22. The van der Waals surface area contributed by atoms with Gasteiger partial charge in [0.25, 0.3) is 0 Å². The van der Waals surface area contributed by atoms with E-state index in [1.54, 1.807) is 0 Å². The number of rotatable bonds is 8. The van der Waals surface area contributed by atoms with Gasteiger partial charge in [-0.1, -0.05) is 52.4 Å². The molecule has 0 spiro atoms. The highest BCUT2D eigenvalue weighted by Crippen LogP contribution is 2.10. The topological polar surface area (TPSA) is 37.3 Å². The van der Waals surface area contributed by atoms with Gasteiger partial charge in [-0.15, -0.1) is 0 Å². The molecule has 19 heavy (non-hydrogen) atoms. The van der Waals surface area contributed by atoms with Gasteiger partial charge < -0.3 is 5.11 Å². The zero-order valence-electron chi connectivity index (χ0n) is 11.2. The molecule has 0 saturated heterocycles. The number of halogens is 1. The van der Waals surface area contributed by atoms with Gasteiger partial charge in [0.1, 0.15) is 0 Å². The molecule has 0 fully saturated rings. The van der Waals surface area contributed by atoms with Crippen LogP contribution in [0.25, 0.3) is 0 Å². The van der Waals surface area contributed by atoms with Crippen LogP contribution in [0.3, 0.4) is 0 Å². The molecule has 1 unspecified atom stereocenters. The van der Waals surface area contributed by atoms with Crippen LogP contribution in [0.2, 0.25) is 0 Å². The summed E-state index contributed by atoms with van der Waals surface area (Å²) in [4.78, 5) is 0.790. The number of hydrogen-bond donors (Lipinski definition) is 1. The molecule has 1 N–H and O–H groups in total. The molecular formula is C15H21IO2S. The fraction of sp³-hybridized carbons (Fsp3) is 0.467. The van der Waals surface area contributed by atoms with E-state index < -0.39 is 16.9 Å². The maximum absolute atomic E-state index is 12.0. The van der Waals surface area contributed by atoms with E-state index >= 15 is 0 Å². The van der Waals surface area contributed by atoms with Crippen LogP contribution in [0.5, 0.6) is 0 Å². The van der Waals surface area contributed by atoms with Crippen LogP contribution in [-0.2, 0) is 10.8 Å². The Hall–Kier alpha value is -0.200. The van der Waals surface area contributed by atoms with Crippen LogP contribution >= 0.6 is 22.6 Å². The molecule has 0 aromatic heterocycles. The quantitative estimate of drug-likeness (QED) is 0.318. The van der Waals surface area contributed by atoms with Crippen molar-refractivity contribution in [2.45, 2.75) is 37.2 Å². The molecule has 1 aromatic carbocycles. The van der Waals surface area contributed by atoms with Crippen molar-refractivity contribution >= 4 is 33.4 Å². The molecule has 4 heteroatoms. The second kappa shape index (κ2) is 9.66. The van der Waals surface area contributed by atoms with Crippen LogP contribution in [0.1, 0.15) is 24.8 Å². The van der Waals surface area contributed by atoms with Gasteiger partial charge in [-0.2, -0.15) is 0 Å². The first kappa shape index (κ1) is 16.9. The van der Waals surface area contributed by atoms with Crippen molar-refractivity contribution in [2.24, 2.45) is 0 Å². The van der Waals surface area contributed by atoms with E-state index in [0.29, 0.717) is 12.2 Å². The van der Waals surface area contributed by atoms with Crippen molar-refractivity contribution in [2.75, 3.05) is 10.2 Å². The summed E-state index contributed by atoms with van der Waals surface area (Å²) in [5.74, 6) is 0.305. The van der Waals surface area contributed by atoms with Crippen molar-refractivity contribution in [3.8, 4) is 0 Å². The summed E-state index contributed by atoms with van der Waals surface area (Å²) in [6, 6.07) is 7.63. The molecular weight excluding hydrogens is 371 g/mol. The fourth-order valence-electron chi connectivity index (χ4n) is 1.60. The highest BCUT2D eigenvalue weighted by atomic mass is 127. The third-order valence-corrected chi connectivity index (χ3v) is 4.96. The minimum atomic E-state index is -1.12. The predicted octanol–water partition coefficient (Wildman–Crippen LogP) is 3.63. The Labute approximate surface area is 131 Å². The summed E-state index contributed by atoms with van der Waals surface area (Å²) >= 11 is 2.35. The zero-order valence-corrected chi connectivity index (χ0v) is 14.2. The number of aryl methyl sites for hydroxylation is 1. The second-order valence-electron chi connectivity index (χ2n) is 4.52. The molecule has 0 heterocycles. The zero-order chi connectivity index (χ0) is 14.1. The lowest BCUT2D eigenvalue weighted by Crippen LogP contribution is -2.15. The Morgan fingerprint density at radius 3 is 2.63 bits per heavy atom. The van der Waals surface area contributed by atoms with Crippen LogP contribution in [0.4, 0.5) is 0 Å². The predicted molar refractivity (Wildman–Crippen MR) is 90.3 cm³/mol. The Kier molecular flexibility index (Phi) is 8.57. The lowest BCUT2D eigenvalue weighted by Gasteiger charge is -2.08. The van der Waals surface area contributed by atoms with Crippen molar-refractivity contribution in [3.63, 3.8) is 0 Å². The average molecular weight is 392 g/mol. The summed E-state index contributed by atoms with van der Waals surface area (Å²) in [5.41, 5.74) is 1.15. The highest BCUT2D eigenvalue weighted by Gasteiger charge is 2.09. The van der Waals surface area contributed by atoms with E-state index in [9.17, 15) is 9.32 Å². The van der Waals surface area contributed by atoms with E-state index in [1.807, 2.05) is 37.3 Å². The molecule has 0 radical (unpaired) electrons. The van der Waals surface area contributed by atoms with Crippen molar-refractivity contribution < 1.29 is 9.32 Å². The molecule has 2 nitrogen and oxygen atoms in total. The van der Waals surface area contributed by atoms with Crippen LogP contribution in [0, 0.1) is 6.92 Å². The third-order valence-electron chi connectivity index (χ3n) is 2.71. The number of aliphatic hydroxyl groups excluding tert-OH is 1. The fourth-order valence-corrected chi connectivity index (χ4v) is 3.15. The normalized spacial score (nSPS) is 14.7. The van der Waals surface area contributed by atoms with Crippen LogP contribution in [-0.4, -0.2) is 25.6 Å². The first-order chi connectivity index (χ1) is 9.13. The number of benzene rings is 1. The number of aliphatic hydroxyl groups is 1. The van der Waals surface area contributed by atoms with Gasteiger partial charge in [0.05, 0.1) is 22.7 Å². The Bertz CT molecular complexity index is 415. The molecule has 1 aromatic rings. The number of unbranched alkanes of at least 4 members (excludes halogenated alkanes) is 1. The standard InChI is InChI=1S/C15H21IO2S/c1-13-7-9-15(10-8-13)19(18)12-14(17)6-4-2-3-5-11-16/h2,4,7-10,14,17H,3,5-6,11-12H2,1H3/b4-2+/t14-,19?/m0/s1. The van der Waals surface area contributed by atoms with Gasteiger partial charge >= 0.3 is 0 Å². The van der Waals surface area contributed by atoms with E-state index in [0.717, 1.165) is 21.3 Å². The molecule has 2 atom stereocenters. The summed E-state index contributed by atoms with van der Waals surface area (Å²) in [7, 11) is -1.12. The van der Waals surface area contributed by atoms with Gasteiger partial charge in [-0.05, 0) is 42.7 Å². The maximum Gasteiger partial charge on any atom is 0.0693 e. The maximum atomic E-state index is 12.0. The monoisotopic (exact) mass is 392 g/mol. The summed E-state index contributed by atoms with van der Waals surface area (Å²) in [6.45, 7) is 2.00. The van der Waals surface area contributed by atoms with Gasteiger partial charge in [-0.3, -0.25) is 4.21 Å². The number of allylic oxidation sites excluding steroid dienone is 1. The van der Waals surface area contributed by atoms with Gasteiger partial charge in [0.2, 0.25) is 0 Å². The lowest BCUT2D eigenvalue weighted by atomic mass is 10.2. The second-order valence-corrected chi connectivity index (χ2v) is 7.09. The van der Waals surface area contributed by atoms with Crippen molar-refractivity contribution in [3.05, 3.63) is 42.0 Å². The number of hydrogen-bond acceptors (Lipinski definition) is 2. The summed E-state index contributed by atoms with van der Waals surface area (Å²) in [5, 5.41) is 9.85. The Morgan fingerprint density at radius 1 is 1.32 bits per heavy atom. The van der Waals surface area contributed by atoms with E-state index in [4.69, 9.17) is 0 Å². The summed E-state index contributed by atoms with van der Waals surface area (Å²) < 4.78 is 13.2.